The minimum absolute atomic E-state index is 0.00262. The van der Waals surface area contributed by atoms with E-state index < -0.39 is 15.9 Å². The first-order valence-corrected chi connectivity index (χ1v) is 13.9. The Balaban J connectivity index is 1.39. The molecule has 0 aliphatic carbocycles. The van der Waals surface area contributed by atoms with Crippen LogP contribution in [0.4, 0.5) is 11.4 Å². The highest BCUT2D eigenvalue weighted by Crippen LogP contribution is 2.26. The minimum atomic E-state index is -3.65. The maximum absolute atomic E-state index is 13.0. The zero-order valence-electron chi connectivity index (χ0n) is 21.4. The van der Waals surface area contributed by atoms with Gasteiger partial charge in [0, 0.05) is 30.0 Å². The maximum Gasteiger partial charge on any atom is 0.255 e. The van der Waals surface area contributed by atoms with Crippen LogP contribution in [0.3, 0.4) is 0 Å². The van der Waals surface area contributed by atoms with Gasteiger partial charge < -0.3 is 10.6 Å². The van der Waals surface area contributed by atoms with E-state index in [0.29, 0.717) is 36.3 Å². The number of benzene rings is 3. The van der Waals surface area contributed by atoms with Gasteiger partial charge in [0.2, 0.25) is 15.9 Å². The number of rotatable bonds is 6. The van der Waals surface area contributed by atoms with Crippen LogP contribution in [-0.4, -0.2) is 37.6 Å². The Morgan fingerprint density at radius 3 is 2.16 bits per heavy atom. The Morgan fingerprint density at radius 2 is 1.51 bits per heavy atom. The normalized spacial score (nSPS) is 16.7. The van der Waals surface area contributed by atoms with Crippen molar-refractivity contribution in [3.63, 3.8) is 0 Å². The van der Waals surface area contributed by atoms with Crippen molar-refractivity contribution < 1.29 is 18.0 Å². The zero-order chi connectivity index (χ0) is 26.6. The van der Waals surface area contributed by atoms with Crippen LogP contribution in [0.15, 0.2) is 83.8 Å². The van der Waals surface area contributed by atoms with Crippen LogP contribution in [-0.2, 0) is 20.2 Å². The molecule has 3 aromatic rings. The summed E-state index contributed by atoms with van der Waals surface area (Å²) in [5, 5.41) is 5.77. The van der Waals surface area contributed by atoms with E-state index in [-0.39, 0.29) is 28.7 Å². The molecule has 1 saturated heterocycles. The monoisotopic (exact) mass is 519 g/mol. The SMILES string of the molecule is CC(C)(C)c1ccc(C(=O)Nc2cccc(NC(=O)[C@H]3CCCN(S(=O)(=O)c4ccccc4)C3)c2)cc1. The molecule has 2 amide bonds. The molecule has 1 fully saturated rings. The molecule has 2 N–H and O–H groups in total. The van der Waals surface area contributed by atoms with Gasteiger partial charge in [0.1, 0.15) is 0 Å². The second-order valence-corrected chi connectivity index (χ2v) is 12.3. The molecule has 0 saturated carbocycles. The largest absolute Gasteiger partial charge is 0.326 e. The van der Waals surface area contributed by atoms with Gasteiger partial charge >= 0.3 is 0 Å². The molecule has 1 atom stereocenters. The molecule has 4 rings (SSSR count). The van der Waals surface area contributed by atoms with Crippen LogP contribution in [0.25, 0.3) is 0 Å². The summed E-state index contributed by atoms with van der Waals surface area (Å²) in [5.41, 5.74) is 2.78. The molecule has 0 unspecified atom stereocenters. The lowest BCUT2D eigenvalue weighted by molar-refractivity contribution is -0.120. The van der Waals surface area contributed by atoms with Crippen LogP contribution in [0.5, 0.6) is 0 Å². The van der Waals surface area contributed by atoms with Crippen molar-refractivity contribution in [2.24, 2.45) is 5.92 Å². The van der Waals surface area contributed by atoms with E-state index in [1.54, 1.807) is 66.7 Å². The van der Waals surface area contributed by atoms with Gasteiger partial charge in [-0.3, -0.25) is 9.59 Å². The van der Waals surface area contributed by atoms with Gasteiger partial charge in [-0.2, -0.15) is 4.31 Å². The summed E-state index contributed by atoms with van der Waals surface area (Å²) in [6, 6.07) is 22.7. The summed E-state index contributed by atoms with van der Waals surface area (Å²) in [6.07, 6.45) is 1.21. The molecule has 7 nitrogen and oxygen atoms in total. The first-order chi connectivity index (χ1) is 17.5. The van der Waals surface area contributed by atoms with Crippen molar-refractivity contribution in [1.29, 1.82) is 0 Å². The molecule has 1 aliphatic heterocycles. The molecule has 1 aliphatic rings. The number of carbonyl (C=O) groups is 2. The smallest absolute Gasteiger partial charge is 0.255 e. The van der Waals surface area contributed by atoms with Crippen LogP contribution in [0.2, 0.25) is 0 Å². The summed E-state index contributed by atoms with van der Waals surface area (Å²) in [4.78, 5) is 26.0. The number of nitrogens with zero attached hydrogens (tertiary/aromatic N) is 1. The lowest BCUT2D eigenvalue weighted by Crippen LogP contribution is -2.43. The van der Waals surface area contributed by atoms with E-state index in [0.717, 1.165) is 5.56 Å². The van der Waals surface area contributed by atoms with Crippen molar-refractivity contribution in [2.45, 2.75) is 43.9 Å². The third kappa shape index (κ3) is 6.45. The minimum Gasteiger partial charge on any atom is -0.326 e. The Hall–Kier alpha value is -3.49. The number of piperidine rings is 1. The summed E-state index contributed by atoms with van der Waals surface area (Å²) in [5.74, 6) is -0.945. The molecule has 0 bridgehead atoms. The Morgan fingerprint density at radius 1 is 0.865 bits per heavy atom. The number of hydrogen-bond donors (Lipinski definition) is 2. The Labute approximate surface area is 218 Å². The van der Waals surface area contributed by atoms with Gasteiger partial charge in [0.25, 0.3) is 5.91 Å². The van der Waals surface area contributed by atoms with E-state index in [9.17, 15) is 18.0 Å². The quantitative estimate of drug-likeness (QED) is 0.463. The highest BCUT2D eigenvalue weighted by molar-refractivity contribution is 7.89. The first kappa shape index (κ1) is 26.6. The molecule has 194 valence electrons. The van der Waals surface area contributed by atoms with Crippen molar-refractivity contribution in [3.05, 3.63) is 90.0 Å². The number of nitrogens with one attached hydrogen (secondary N) is 2. The third-order valence-electron chi connectivity index (χ3n) is 6.54. The maximum atomic E-state index is 13.0. The highest BCUT2D eigenvalue weighted by Gasteiger charge is 2.33. The summed E-state index contributed by atoms with van der Waals surface area (Å²) in [7, 11) is -3.65. The molecular weight excluding hydrogens is 486 g/mol. The van der Waals surface area contributed by atoms with Crippen LogP contribution in [0, 0.1) is 5.92 Å². The number of hydrogen-bond acceptors (Lipinski definition) is 4. The topological polar surface area (TPSA) is 95.6 Å². The second-order valence-electron chi connectivity index (χ2n) is 10.4. The van der Waals surface area contributed by atoms with Crippen molar-refractivity contribution in [1.82, 2.24) is 4.31 Å². The number of amides is 2. The third-order valence-corrected chi connectivity index (χ3v) is 8.42. The van der Waals surface area contributed by atoms with Crippen LogP contribution >= 0.6 is 0 Å². The number of sulfonamides is 1. The van der Waals surface area contributed by atoms with Gasteiger partial charge in [-0.15, -0.1) is 0 Å². The van der Waals surface area contributed by atoms with Gasteiger partial charge in [0.15, 0.2) is 0 Å². The van der Waals surface area contributed by atoms with Crippen LogP contribution in [0.1, 0.15) is 49.5 Å². The lowest BCUT2D eigenvalue weighted by Gasteiger charge is -2.31. The molecule has 0 spiro atoms. The predicted octanol–water partition coefficient (Wildman–Crippen LogP) is 5.28. The zero-order valence-corrected chi connectivity index (χ0v) is 22.2. The van der Waals surface area contributed by atoms with Gasteiger partial charge in [0.05, 0.1) is 10.8 Å². The molecule has 37 heavy (non-hydrogen) atoms. The standard InChI is InChI=1S/C29H33N3O4S/c1-29(2,3)23-16-14-21(15-17-23)27(33)30-24-10-7-11-25(19-24)31-28(34)22-9-8-18-32(20-22)37(35,36)26-12-5-4-6-13-26/h4-7,10-17,19,22H,8-9,18,20H2,1-3H3,(H,30,33)(H,31,34)/t22-/m0/s1. The fourth-order valence-corrected chi connectivity index (χ4v) is 5.91. The van der Waals surface area contributed by atoms with E-state index in [1.165, 1.54) is 4.31 Å². The van der Waals surface area contributed by atoms with E-state index >= 15 is 0 Å². The molecular formula is C29H33N3O4S. The predicted molar refractivity (Wildman–Crippen MR) is 146 cm³/mol. The lowest BCUT2D eigenvalue weighted by atomic mass is 9.87. The molecule has 1 heterocycles. The van der Waals surface area contributed by atoms with Crippen molar-refractivity contribution in [2.75, 3.05) is 23.7 Å². The van der Waals surface area contributed by atoms with Crippen LogP contribution < -0.4 is 10.6 Å². The molecule has 8 heteroatoms. The molecule has 0 radical (unpaired) electrons. The average molecular weight is 520 g/mol. The van der Waals surface area contributed by atoms with E-state index in [1.807, 2.05) is 12.1 Å². The van der Waals surface area contributed by atoms with E-state index in [2.05, 4.69) is 31.4 Å². The average Bonchev–Trinajstić information content (AvgIpc) is 2.89. The fraction of sp³-hybridized carbons (Fsp3) is 0.310. The van der Waals surface area contributed by atoms with Gasteiger partial charge in [-0.1, -0.05) is 57.2 Å². The summed E-state index contributed by atoms with van der Waals surface area (Å²) >= 11 is 0. The highest BCUT2D eigenvalue weighted by atomic mass is 32.2. The number of carbonyl (C=O) groups excluding carboxylic acids is 2. The summed E-state index contributed by atoms with van der Waals surface area (Å²) in [6.45, 7) is 6.88. The Kier molecular flexibility index (Phi) is 7.80. The van der Waals surface area contributed by atoms with Crippen molar-refractivity contribution in [3.8, 4) is 0 Å². The number of anilines is 2. The van der Waals surface area contributed by atoms with Gasteiger partial charge in [-0.25, -0.2) is 8.42 Å². The first-order valence-electron chi connectivity index (χ1n) is 12.4. The Bertz CT molecular complexity index is 1360. The molecule has 0 aromatic heterocycles. The molecule has 3 aromatic carbocycles. The van der Waals surface area contributed by atoms with E-state index in [4.69, 9.17) is 0 Å². The fourth-order valence-electron chi connectivity index (χ4n) is 4.36. The second kappa shape index (κ2) is 10.9. The van der Waals surface area contributed by atoms with Gasteiger partial charge in [-0.05, 0) is 66.3 Å². The summed E-state index contributed by atoms with van der Waals surface area (Å²) < 4.78 is 27.4. The van der Waals surface area contributed by atoms with Crippen molar-refractivity contribution >= 4 is 33.2 Å².